The number of hydrogen-bond acceptors (Lipinski definition) is 4. The molecule has 21 heavy (non-hydrogen) atoms. The smallest absolute Gasteiger partial charge is 0.250 e. The van der Waals surface area contributed by atoms with Crippen LogP contribution >= 0.6 is 11.3 Å². The summed E-state index contributed by atoms with van der Waals surface area (Å²) in [7, 11) is -3.35. The van der Waals surface area contributed by atoms with E-state index in [0.717, 1.165) is 44.3 Å². The highest BCUT2D eigenvalue weighted by Crippen LogP contribution is 2.23. The summed E-state index contributed by atoms with van der Waals surface area (Å²) in [5.41, 5.74) is 1.04. The van der Waals surface area contributed by atoms with Gasteiger partial charge in [-0.2, -0.15) is 0 Å². The Labute approximate surface area is 132 Å². The normalized spacial score (nSPS) is 18.3. The fourth-order valence-corrected chi connectivity index (χ4v) is 5.24. The second kappa shape index (κ2) is 8.27. The number of nitrogens with one attached hydrogen (secondary N) is 2. The molecule has 0 spiro atoms. The van der Waals surface area contributed by atoms with Crippen LogP contribution in [-0.2, 0) is 16.6 Å². The van der Waals surface area contributed by atoms with Crippen LogP contribution in [0, 0.1) is 0 Å². The summed E-state index contributed by atoms with van der Waals surface area (Å²) < 4.78 is 28.3. The Bertz CT molecular complexity index is 518. The average Bonchev–Trinajstić information content (AvgIpc) is 2.89. The Morgan fingerprint density at radius 3 is 2.52 bits per heavy atom. The number of thiophene rings is 1. The van der Waals surface area contributed by atoms with Crippen LogP contribution in [0.15, 0.2) is 15.7 Å². The molecule has 0 aromatic carbocycles. The van der Waals surface area contributed by atoms with Crippen molar-refractivity contribution >= 4 is 21.4 Å². The van der Waals surface area contributed by atoms with Gasteiger partial charge in [0.2, 0.25) is 10.0 Å². The minimum Gasteiger partial charge on any atom is -0.313 e. The minimum absolute atomic E-state index is 0.106. The van der Waals surface area contributed by atoms with Gasteiger partial charge in [0.25, 0.3) is 0 Å². The van der Waals surface area contributed by atoms with Gasteiger partial charge in [0.1, 0.15) is 4.21 Å². The average molecular weight is 331 g/mol. The van der Waals surface area contributed by atoms with Gasteiger partial charge in [0.05, 0.1) is 0 Å². The molecule has 0 amide bonds. The summed E-state index contributed by atoms with van der Waals surface area (Å²) in [6, 6.07) is 1.90. The Kier molecular flexibility index (Phi) is 6.67. The zero-order valence-corrected chi connectivity index (χ0v) is 14.4. The fraction of sp³-hybridized carbons (Fsp3) is 0.733. The Morgan fingerprint density at radius 1 is 1.19 bits per heavy atom. The molecule has 4 nitrogen and oxygen atoms in total. The van der Waals surface area contributed by atoms with Gasteiger partial charge >= 0.3 is 0 Å². The predicted molar refractivity (Wildman–Crippen MR) is 88.1 cm³/mol. The molecule has 1 aromatic heterocycles. The van der Waals surface area contributed by atoms with Gasteiger partial charge in [-0.1, -0.05) is 39.0 Å². The highest BCUT2D eigenvalue weighted by molar-refractivity contribution is 7.91. The quantitative estimate of drug-likeness (QED) is 0.842. The molecule has 0 saturated heterocycles. The third-order valence-electron chi connectivity index (χ3n) is 3.90. The summed E-state index contributed by atoms with van der Waals surface area (Å²) in [6.45, 7) is 3.66. The first-order chi connectivity index (χ1) is 10.1. The van der Waals surface area contributed by atoms with E-state index in [0.29, 0.717) is 4.21 Å². The first kappa shape index (κ1) is 16.9. The highest BCUT2D eigenvalue weighted by Gasteiger charge is 2.22. The summed E-state index contributed by atoms with van der Waals surface area (Å²) in [5, 5.41) is 5.14. The lowest BCUT2D eigenvalue weighted by Crippen LogP contribution is -2.34. The van der Waals surface area contributed by atoms with Crippen LogP contribution in [0.25, 0.3) is 0 Å². The first-order valence-corrected chi connectivity index (χ1v) is 10.3. The number of hydrogen-bond donors (Lipinski definition) is 2. The van der Waals surface area contributed by atoms with E-state index in [1.165, 1.54) is 30.6 Å². The van der Waals surface area contributed by atoms with Gasteiger partial charge < -0.3 is 5.32 Å². The van der Waals surface area contributed by atoms with Crippen LogP contribution in [0.4, 0.5) is 0 Å². The van der Waals surface area contributed by atoms with E-state index >= 15 is 0 Å². The summed E-state index contributed by atoms with van der Waals surface area (Å²) in [5.74, 6) is 0. The van der Waals surface area contributed by atoms with E-state index in [-0.39, 0.29) is 6.04 Å². The van der Waals surface area contributed by atoms with E-state index in [2.05, 4.69) is 10.0 Å². The molecule has 1 aliphatic rings. The maximum Gasteiger partial charge on any atom is 0.250 e. The van der Waals surface area contributed by atoms with E-state index in [4.69, 9.17) is 0 Å². The predicted octanol–water partition coefficient (Wildman–Crippen LogP) is 3.25. The molecule has 0 unspecified atom stereocenters. The third kappa shape index (κ3) is 5.36. The van der Waals surface area contributed by atoms with E-state index in [1.54, 1.807) is 6.07 Å². The first-order valence-electron chi connectivity index (χ1n) is 7.92. The number of sulfonamides is 1. The molecule has 0 atom stereocenters. The zero-order valence-electron chi connectivity index (χ0n) is 12.7. The molecule has 2 rings (SSSR count). The van der Waals surface area contributed by atoms with Gasteiger partial charge in [0.15, 0.2) is 0 Å². The van der Waals surface area contributed by atoms with Crippen LogP contribution in [0.5, 0.6) is 0 Å². The Morgan fingerprint density at radius 2 is 1.86 bits per heavy atom. The molecular formula is C15H26N2O2S2. The van der Waals surface area contributed by atoms with Crippen LogP contribution < -0.4 is 10.0 Å². The van der Waals surface area contributed by atoms with Gasteiger partial charge in [-0.15, -0.1) is 11.3 Å². The lowest BCUT2D eigenvalue weighted by atomic mass is 9.97. The van der Waals surface area contributed by atoms with Crippen LogP contribution in [0.2, 0.25) is 0 Å². The summed E-state index contributed by atoms with van der Waals surface area (Å²) in [4.78, 5) is 0. The van der Waals surface area contributed by atoms with Crippen LogP contribution in [0.3, 0.4) is 0 Å². The SMILES string of the molecule is CCNCc1csc(S(=O)(=O)NC2CCCCCCC2)c1. The molecule has 1 aliphatic carbocycles. The van der Waals surface area contributed by atoms with Crippen LogP contribution in [0.1, 0.15) is 57.4 Å². The highest BCUT2D eigenvalue weighted by atomic mass is 32.2. The van der Waals surface area contributed by atoms with Gasteiger partial charge in [0, 0.05) is 12.6 Å². The van der Waals surface area contributed by atoms with Crippen LogP contribution in [-0.4, -0.2) is 21.0 Å². The molecule has 1 heterocycles. The van der Waals surface area contributed by atoms with Crippen molar-refractivity contribution in [3.05, 3.63) is 17.0 Å². The lowest BCUT2D eigenvalue weighted by Gasteiger charge is -2.20. The lowest BCUT2D eigenvalue weighted by molar-refractivity contribution is 0.427. The molecule has 0 radical (unpaired) electrons. The minimum atomic E-state index is -3.35. The van der Waals surface area contributed by atoms with Crippen molar-refractivity contribution in [2.24, 2.45) is 0 Å². The maximum absolute atomic E-state index is 12.5. The fourth-order valence-electron chi connectivity index (χ4n) is 2.71. The molecule has 120 valence electrons. The molecular weight excluding hydrogens is 304 g/mol. The molecule has 6 heteroatoms. The van der Waals surface area contributed by atoms with E-state index in [1.807, 2.05) is 12.3 Å². The van der Waals surface area contributed by atoms with Crippen molar-refractivity contribution in [2.45, 2.75) is 68.7 Å². The Hall–Kier alpha value is -0.430. The third-order valence-corrected chi connectivity index (χ3v) is 6.91. The van der Waals surface area contributed by atoms with Gasteiger partial charge in [-0.3, -0.25) is 0 Å². The largest absolute Gasteiger partial charge is 0.313 e. The topological polar surface area (TPSA) is 58.2 Å². The van der Waals surface area contributed by atoms with Crippen molar-refractivity contribution in [2.75, 3.05) is 6.54 Å². The van der Waals surface area contributed by atoms with E-state index < -0.39 is 10.0 Å². The molecule has 1 saturated carbocycles. The van der Waals surface area contributed by atoms with E-state index in [9.17, 15) is 8.42 Å². The monoisotopic (exact) mass is 330 g/mol. The van der Waals surface area contributed by atoms with Crippen molar-refractivity contribution < 1.29 is 8.42 Å². The Balaban J connectivity index is 1.97. The van der Waals surface area contributed by atoms with Gasteiger partial charge in [-0.05, 0) is 36.4 Å². The summed E-state index contributed by atoms with van der Waals surface area (Å²) in [6.07, 6.45) is 7.93. The molecule has 2 N–H and O–H groups in total. The second-order valence-electron chi connectivity index (χ2n) is 5.72. The van der Waals surface area contributed by atoms with Crippen molar-refractivity contribution in [3.8, 4) is 0 Å². The standard InChI is InChI=1S/C15H26N2O2S2/c1-2-16-11-13-10-15(20-12-13)21(18,19)17-14-8-6-4-3-5-7-9-14/h10,12,14,16-17H,2-9,11H2,1H3. The molecule has 1 fully saturated rings. The molecule has 1 aromatic rings. The number of rotatable bonds is 6. The van der Waals surface area contributed by atoms with Gasteiger partial charge in [-0.25, -0.2) is 13.1 Å². The van der Waals surface area contributed by atoms with Crippen molar-refractivity contribution in [1.82, 2.24) is 10.0 Å². The van der Waals surface area contributed by atoms with Crippen molar-refractivity contribution in [1.29, 1.82) is 0 Å². The zero-order chi connectivity index (χ0) is 15.1. The summed E-state index contributed by atoms with van der Waals surface area (Å²) >= 11 is 1.31. The molecule has 0 aliphatic heterocycles. The maximum atomic E-state index is 12.5. The molecule has 0 bridgehead atoms. The second-order valence-corrected chi connectivity index (χ2v) is 8.57. The van der Waals surface area contributed by atoms with Crippen molar-refractivity contribution in [3.63, 3.8) is 0 Å².